The van der Waals surface area contributed by atoms with Gasteiger partial charge in [-0.05, 0) is 51.1 Å². The molecule has 0 N–H and O–H groups in total. The number of hydrogen-bond acceptors (Lipinski definition) is 7. The predicted octanol–water partition coefficient (Wildman–Crippen LogP) is 3.79. The molecule has 8 nitrogen and oxygen atoms in total. The second-order valence-corrected chi connectivity index (χ2v) is 7.09. The minimum atomic E-state index is -0.664. The predicted molar refractivity (Wildman–Crippen MR) is 112 cm³/mol. The molecular formula is C23H24N2O6. The monoisotopic (exact) mass is 424 g/mol. The Hall–Kier alpha value is -3.68. The van der Waals surface area contributed by atoms with Crippen molar-refractivity contribution in [1.29, 1.82) is 0 Å². The number of ketones is 2. The van der Waals surface area contributed by atoms with Gasteiger partial charge >= 0.3 is 5.97 Å². The Morgan fingerprint density at radius 2 is 1.71 bits per heavy atom. The van der Waals surface area contributed by atoms with Crippen LogP contribution in [-0.2, 0) is 9.53 Å². The summed E-state index contributed by atoms with van der Waals surface area (Å²) < 4.78 is 17.3. The highest BCUT2D eigenvalue weighted by Gasteiger charge is 2.19. The third-order valence-electron chi connectivity index (χ3n) is 4.79. The smallest absolute Gasteiger partial charge is 0.344 e. The summed E-state index contributed by atoms with van der Waals surface area (Å²) >= 11 is 0. The summed E-state index contributed by atoms with van der Waals surface area (Å²) in [7, 11) is 0. The van der Waals surface area contributed by atoms with E-state index in [0.29, 0.717) is 40.6 Å². The molecular weight excluding hydrogens is 400 g/mol. The maximum Gasteiger partial charge on any atom is 0.344 e. The van der Waals surface area contributed by atoms with Crippen LogP contribution in [0.5, 0.6) is 5.75 Å². The first-order valence-corrected chi connectivity index (χ1v) is 9.87. The Bertz CT molecular complexity index is 1110. The zero-order valence-corrected chi connectivity index (χ0v) is 17.9. The first kappa shape index (κ1) is 22.0. The molecule has 3 aromatic rings. The number of carbonyl (C=O) groups is 3. The summed E-state index contributed by atoms with van der Waals surface area (Å²) in [5.41, 5.74) is 2.53. The molecule has 2 heterocycles. The average Bonchev–Trinajstić information content (AvgIpc) is 3.32. The van der Waals surface area contributed by atoms with E-state index >= 15 is 0 Å². The van der Waals surface area contributed by atoms with E-state index in [2.05, 4.69) is 5.16 Å². The molecule has 0 atom stereocenters. The van der Waals surface area contributed by atoms with Crippen molar-refractivity contribution in [2.75, 3.05) is 13.2 Å². The number of ether oxygens (including phenoxy) is 2. The number of aryl methyl sites for hydroxylation is 2. The standard InChI is InChI=1S/C23H24N2O6/c1-5-20(26)17-6-8-18(9-7-17)29-13-23(28)30-12-21(27)19-10-14(2)25(16(19)4)22-11-15(3)31-24-22/h6-11H,5,12-13H2,1-4H3. The second kappa shape index (κ2) is 9.42. The van der Waals surface area contributed by atoms with E-state index in [0.717, 1.165) is 5.69 Å². The summed E-state index contributed by atoms with van der Waals surface area (Å²) in [6, 6.07) is 10.0. The number of carbonyl (C=O) groups excluding carboxylic acids is 3. The van der Waals surface area contributed by atoms with Crippen LogP contribution < -0.4 is 4.74 Å². The number of Topliss-reactive ketones (excluding diaryl/α,β-unsaturated/α-hetero) is 2. The Labute approximate surface area is 179 Å². The molecule has 0 unspecified atom stereocenters. The summed E-state index contributed by atoms with van der Waals surface area (Å²) in [5, 5.41) is 3.98. The molecule has 0 aliphatic heterocycles. The van der Waals surface area contributed by atoms with Crippen LogP contribution in [0.3, 0.4) is 0 Å². The van der Waals surface area contributed by atoms with Gasteiger partial charge in [0.05, 0.1) is 0 Å². The molecule has 0 bridgehead atoms. The minimum absolute atomic E-state index is 0.0301. The van der Waals surface area contributed by atoms with Gasteiger partial charge in [0.1, 0.15) is 11.5 Å². The minimum Gasteiger partial charge on any atom is -0.482 e. The van der Waals surface area contributed by atoms with Gasteiger partial charge in [0.2, 0.25) is 5.78 Å². The van der Waals surface area contributed by atoms with E-state index in [9.17, 15) is 14.4 Å². The van der Waals surface area contributed by atoms with Crippen LogP contribution in [0.4, 0.5) is 0 Å². The largest absolute Gasteiger partial charge is 0.482 e. The zero-order valence-electron chi connectivity index (χ0n) is 17.9. The average molecular weight is 424 g/mol. The van der Waals surface area contributed by atoms with Gasteiger partial charge in [-0.3, -0.25) is 14.2 Å². The van der Waals surface area contributed by atoms with E-state index in [4.69, 9.17) is 14.0 Å². The first-order chi connectivity index (χ1) is 14.8. The van der Waals surface area contributed by atoms with E-state index in [1.165, 1.54) is 0 Å². The van der Waals surface area contributed by atoms with Crippen molar-refractivity contribution in [3.63, 3.8) is 0 Å². The summed E-state index contributed by atoms with van der Waals surface area (Å²) in [5.74, 6) is 0.725. The molecule has 0 fully saturated rings. The van der Waals surface area contributed by atoms with Gasteiger partial charge in [0.15, 0.2) is 24.8 Å². The fourth-order valence-electron chi connectivity index (χ4n) is 3.21. The summed E-state index contributed by atoms with van der Waals surface area (Å²) in [4.78, 5) is 36.2. The normalized spacial score (nSPS) is 10.7. The van der Waals surface area contributed by atoms with Gasteiger partial charge in [-0.15, -0.1) is 0 Å². The lowest BCUT2D eigenvalue weighted by atomic mass is 10.1. The van der Waals surface area contributed by atoms with Crippen molar-refractivity contribution >= 4 is 17.5 Å². The summed E-state index contributed by atoms with van der Waals surface area (Å²) in [6.07, 6.45) is 0.418. The highest BCUT2D eigenvalue weighted by atomic mass is 16.6. The Morgan fingerprint density at radius 1 is 1.00 bits per heavy atom. The SMILES string of the molecule is CCC(=O)c1ccc(OCC(=O)OCC(=O)c2cc(C)n(-c3cc(C)on3)c2C)cc1. The van der Waals surface area contributed by atoms with E-state index < -0.39 is 12.6 Å². The number of benzene rings is 1. The molecule has 0 spiro atoms. The molecule has 0 saturated heterocycles. The topological polar surface area (TPSA) is 101 Å². The van der Waals surface area contributed by atoms with Gasteiger partial charge < -0.3 is 14.0 Å². The highest BCUT2D eigenvalue weighted by molar-refractivity contribution is 5.99. The molecule has 0 radical (unpaired) electrons. The molecule has 31 heavy (non-hydrogen) atoms. The van der Waals surface area contributed by atoms with Crippen molar-refractivity contribution in [2.24, 2.45) is 0 Å². The van der Waals surface area contributed by atoms with Gasteiger partial charge in [-0.2, -0.15) is 0 Å². The third kappa shape index (κ3) is 5.09. The Morgan fingerprint density at radius 3 is 2.32 bits per heavy atom. The fraction of sp³-hybridized carbons (Fsp3) is 0.304. The van der Waals surface area contributed by atoms with E-state index in [-0.39, 0.29) is 18.2 Å². The molecule has 2 aromatic heterocycles. The molecule has 0 aliphatic rings. The lowest BCUT2D eigenvalue weighted by molar-refractivity contribution is -0.144. The molecule has 3 rings (SSSR count). The molecule has 0 aliphatic carbocycles. The molecule has 162 valence electrons. The van der Waals surface area contributed by atoms with Gasteiger partial charge in [0, 0.05) is 35.0 Å². The van der Waals surface area contributed by atoms with Gasteiger partial charge in [-0.25, -0.2) is 4.79 Å². The quantitative estimate of drug-likeness (QED) is 0.380. The second-order valence-electron chi connectivity index (χ2n) is 7.09. The maximum absolute atomic E-state index is 12.6. The van der Waals surface area contributed by atoms with Crippen molar-refractivity contribution in [3.8, 4) is 11.6 Å². The number of aromatic nitrogens is 2. The number of esters is 1. The van der Waals surface area contributed by atoms with E-state index in [1.54, 1.807) is 57.2 Å². The molecule has 1 aromatic carbocycles. The van der Waals surface area contributed by atoms with Crippen molar-refractivity contribution in [2.45, 2.75) is 34.1 Å². The number of rotatable bonds is 9. The van der Waals surface area contributed by atoms with Crippen LogP contribution >= 0.6 is 0 Å². The van der Waals surface area contributed by atoms with Crippen LogP contribution in [0, 0.1) is 20.8 Å². The zero-order chi connectivity index (χ0) is 22.5. The Kier molecular flexibility index (Phi) is 6.69. The van der Waals surface area contributed by atoms with Crippen LogP contribution in [-0.4, -0.2) is 40.5 Å². The van der Waals surface area contributed by atoms with Crippen molar-refractivity contribution in [3.05, 3.63) is 64.7 Å². The van der Waals surface area contributed by atoms with E-state index in [1.807, 2.05) is 11.5 Å². The number of nitrogens with zero attached hydrogens (tertiary/aromatic N) is 2. The summed E-state index contributed by atoms with van der Waals surface area (Å²) in [6.45, 7) is 6.49. The lowest BCUT2D eigenvalue weighted by Crippen LogP contribution is -2.19. The third-order valence-corrected chi connectivity index (χ3v) is 4.79. The van der Waals surface area contributed by atoms with Crippen LogP contribution in [0.2, 0.25) is 0 Å². The molecule has 0 amide bonds. The van der Waals surface area contributed by atoms with Crippen LogP contribution in [0.1, 0.15) is 51.2 Å². The van der Waals surface area contributed by atoms with Crippen molar-refractivity contribution < 1.29 is 28.4 Å². The van der Waals surface area contributed by atoms with Crippen molar-refractivity contribution in [1.82, 2.24) is 9.72 Å². The lowest BCUT2D eigenvalue weighted by Gasteiger charge is -2.08. The highest BCUT2D eigenvalue weighted by Crippen LogP contribution is 2.21. The maximum atomic E-state index is 12.6. The van der Waals surface area contributed by atoms with Gasteiger partial charge in [0.25, 0.3) is 0 Å². The fourth-order valence-corrected chi connectivity index (χ4v) is 3.21. The number of hydrogen-bond donors (Lipinski definition) is 0. The molecule has 0 saturated carbocycles. The molecule has 8 heteroatoms. The first-order valence-electron chi connectivity index (χ1n) is 9.87. The van der Waals surface area contributed by atoms with Crippen LogP contribution in [0.25, 0.3) is 5.82 Å². The van der Waals surface area contributed by atoms with Gasteiger partial charge in [-0.1, -0.05) is 12.1 Å². The van der Waals surface area contributed by atoms with Crippen LogP contribution in [0.15, 0.2) is 40.9 Å². The Balaban J connectivity index is 1.55.